The normalized spacial score (nSPS) is 21.6. The number of nitrogens with zero attached hydrogens (tertiary/aromatic N) is 1. The molecule has 0 unspecified atom stereocenters. The second-order valence-electron chi connectivity index (χ2n) is 6.02. The van der Waals surface area contributed by atoms with Crippen LogP contribution in [0.5, 0.6) is 0 Å². The van der Waals surface area contributed by atoms with Gasteiger partial charge in [0.25, 0.3) is 0 Å². The third-order valence-electron chi connectivity index (χ3n) is 5.34. The second-order valence-corrected chi connectivity index (χ2v) is 6.02. The van der Waals surface area contributed by atoms with Crippen molar-refractivity contribution in [2.45, 2.75) is 52.4 Å². The average Bonchev–Trinajstić information content (AvgIpc) is 2.76. The fourth-order valence-corrected chi connectivity index (χ4v) is 3.46. The largest absolute Gasteiger partial charge is 0.342 e. The lowest BCUT2D eigenvalue weighted by Crippen LogP contribution is -2.47. The van der Waals surface area contributed by atoms with Crippen molar-refractivity contribution >= 4 is 18.3 Å². The minimum atomic E-state index is -0.296. The van der Waals surface area contributed by atoms with E-state index < -0.39 is 0 Å². The molecule has 0 bridgehead atoms. The zero-order chi connectivity index (χ0) is 12.5. The van der Waals surface area contributed by atoms with E-state index in [1.807, 2.05) is 0 Å². The van der Waals surface area contributed by atoms with Crippen LogP contribution in [0.3, 0.4) is 0 Å². The van der Waals surface area contributed by atoms with Gasteiger partial charge in [-0.15, -0.1) is 12.4 Å². The first-order valence-corrected chi connectivity index (χ1v) is 7.11. The SMILES string of the molecule is CCC(CC)(CN)C(=O)N1CCC2(CCC2)C1.Cl. The molecule has 1 saturated heterocycles. The molecule has 2 rings (SSSR count). The molecule has 0 aromatic carbocycles. The molecule has 1 heterocycles. The summed E-state index contributed by atoms with van der Waals surface area (Å²) in [6.45, 7) is 6.61. The van der Waals surface area contributed by atoms with E-state index in [4.69, 9.17) is 5.73 Å². The predicted molar refractivity (Wildman–Crippen MR) is 76.8 cm³/mol. The highest BCUT2D eigenvalue weighted by Crippen LogP contribution is 2.48. The Hall–Kier alpha value is -0.280. The van der Waals surface area contributed by atoms with Gasteiger partial charge in [0.2, 0.25) is 5.91 Å². The summed E-state index contributed by atoms with van der Waals surface area (Å²) in [4.78, 5) is 14.7. The molecule has 1 aliphatic heterocycles. The van der Waals surface area contributed by atoms with Crippen LogP contribution in [0, 0.1) is 10.8 Å². The van der Waals surface area contributed by atoms with Gasteiger partial charge >= 0.3 is 0 Å². The van der Waals surface area contributed by atoms with E-state index in [1.54, 1.807) is 0 Å². The van der Waals surface area contributed by atoms with Gasteiger partial charge in [-0.25, -0.2) is 0 Å². The maximum Gasteiger partial charge on any atom is 0.230 e. The van der Waals surface area contributed by atoms with Crippen LogP contribution in [0.1, 0.15) is 52.4 Å². The summed E-state index contributed by atoms with van der Waals surface area (Å²) in [5.41, 5.74) is 6.07. The molecule has 0 radical (unpaired) electrons. The molecule has 1 amide bonds. The number of rotatable bonds is 4. The zero-order valence-corrected chi connectivity index (χ0v) is 12.5. The van der Waals surface area contributed by atoms with Crippen molar-refractivity contribution in [3.05, 3.63) is 0 Å². The number of carbonyl (C=O) groups is 1. The lowest BCUT2D eigenvalue weighted by Gasteiger charge is -2.39. The Labute approximate surface area is 117 Å². The molecular weight excluding hydrogens is 248 g/mol. The van der Waals surface area contributed by atoms with Gasteiger partial charge in [0.05, 0.1) is 5.41 Å². The number of hydrogen-bond acceptors (Lipinski definition) is 2. The van der Waals surface area contributed by atoms with Gasteiger partial charge in [-0.2, -0.15) is 0 Å². The lowest BCUT2D eigenvalue weighted by atomic mass is 9.68. The highest BCUT2D eigenvalue weighted by Gasteiger charge is 2.47. The molecule has 2 N–H and O–H groups in total. The van der Waals surface area contributed by atoms with Gasteiger partial charge in [0, 0.05) is 19.6 Å². The molecule has 0 atom stereocenters. The fourth-order valence-electron chi connectivity index (χ4n) is 3.46. The summed E-state index contributed by atoms with van der Waals surface area (Å²) in [5.74, 6) is 0.314. The summed E-state index contributed by atoms with van der Waals surface area (Å²) in [6.07, 6.45) is 6.94. The quantitative estimate of drug-likeness (QED) is 0.856. The third-order valence-corrected chi connectivity index (χ3v) is 5.34. The fraction of sp³-hybridized carbons (Fsp3) is 0.929. The van der Waals surface area contributed by atoms with Crippen molar-refractivity contribution in [3.63, 3.8) is 0 Å². The molecule has 0 aromatic rings. The molecule has 4 heteroatoms. The van der Waals surface area contributed by atoms with Crippen molar-refractivity contribution < 1.29 is 4.79 Å². The van der Waals surface area contributed by atoms with Crippen LogP contribution in [0.25, 0.3) is 0 Å². The number of amides is 1. The first-order valence-electron chi connectivity index (χ1n) is 7.11. The predicted octanol–water partition coefficient (Wildman–Crippen LogP) is 2.58. The van der Waals surface area contributed by atoms with E-state index in [2.05, 4.69) is 18.7 Å². The molecule has 2 fully saturated rings. The van der Waals surface area contributed by atoms with Gasteiger partial charge < -0.3 is 10.6 Å². The molecular formula is C14H27ClN2O. The van der Waals surface area contributed by atoms with Crippen molar-refractivity contribution in [1.29, 1.82) is 0 Å². The van der Waals surface area contributed by atoms with E-state index in [9.17, 15) is 4.79 Å². The standard InChI is InChI=1S/C14H26N2O.ClH/c1-3-14(4-2,10-15)12(17)16-9-8-13(11-16)6-5-7-13;/h3-11,15H2,1-2H3;1H. The van der Waals surface area contributed by atoms with Crippen LogP contribution >= 0.6 is 12.4 Å². The number of carbonyl (C=O) groups excluding carboxylic acids is 1. The number of halogens is 1. The molecule has 18 heavy (non-hydrogen) atoms. The van der Waals surface area contributed by atoms with E-state index in [0.717, 1.165) is 25.9 Å². The Morgan fingerprint density at radius 2 is 1.89 bits per heavy atom. The Balaban J connectivity index is 0.00000162. The third kappa shape index (κ3) is 2.39. The first-order chi connectivity index (χ1) is 8.11. The minimum Gasteiger partial charge on any atom is -0.342 e. The van der Waals surface area contributed by atoms with Crippen molar-refractivity contribution in [3.8, 4) is 0 Å². The summed E-state index contributed by atoms with van der Waals surface area (Å²) in [7, 11) is 0. The highest BCUT2D eigenvalue weighted by molar-refractivity contribution is 5.85. The lowest BCUT2D eigenvalue weighted by molar-refractivity contribution is -0.141. The maximum absolute atomic E-state index is 12.6. The van der Waals surface area contributed by atoms with Crippen LogP contribution in [-0.4, -0.2) is 30.4 Å². The smallest absolute Gasteiger partial charge is 0.230 e. The Kier molecular flexibility index (Phi) is 5.07. The van der Waals surface area contributed by atoms with Crippen LogP contribution in [0.15, 0.2) is 0 Å². The molecule has 1 aliphatic carbocycles. The van der Waals surface area contributed by atoms with Crippen LogP contribution < -0.4 is 5.73 Å². The van der Waals surface area contributed by atoms with E-state index in [-0.39, 0.29) is 17.8 Å². The Bertz CT molecular complexity index is 290. The second kappa shape index (κ2) is 5.79. The van der Waals surface area contributed by atoms with Gasteiger partial charge in [-0.3, -0.25) is 4.79 Å². The van der Waals surface area contributed by atoms with Crippen LogP contribution in [0.2, 0.25) is 0 Å². The molecule has 1 spiro atoms. The first kappa shape index (κ1) is 15.8. The number of likely N-dealkylation sites (tertiary alicyclic amines) is 1. The number of hydrogen-bond donors (Lipinski definition) is 1. The average molecular weight is 275 g/mol. The van der Waals surface area contributed by atoms with Gasteiger partial charge in [-0.1, -0.05) is 20.3 Å². The topological polar surface area (TPSA) is 46.3 Å². The summed E-state index contributed by atoms with van der Waals surface area (Å²) >= 11 is 0. The Morgan fingerprint density at radius 3 is 2.22 bits per heavy atom. The Morgan fingerprint density at radius 1 is 1.28 bits per heavy atom. The van der Waals surface area contributed by atoms with E-state index >= 15 is 0 Å². The molecule has 0 aromatic heterocycles. The number of nitrogens with two attached hydrogens (primary N) is 1. The summed E-state index contributed by atoms with van der Waals surface area (Å²) in [6, 6.07) is 0. The van der Waals surface area contributed by atoms with Crippen LogP contribution in [-0.2, 0) is 4.79 Å². The van der Waals surface area contributed by atoms with Gasteiger partial charge in [0.1, 0.15) is 0 Å². The summed E-state index contributed by atoms with van der Waals surface area (Å²) in [5, 5.41) is 0. The van der Waals surface area contributed by atoms with E-state index in [0.29, 0.717) is 17.9 Å². The van der Waals surface area contributed by atoms with Crippen molar-refractivity contribution in [1.82, 2.24) is 4.90 Å². The monoisotopic (exact) mass is 274 g/mol. The minimum absolute atomic E-state index is 0. The van der Waals surface area contributed by atoms with Gasteiger partial charge in [-0.05, 0) is 37.5 Å². The molecule has 1 saturated carbocycles. The zero-order valence-electron chi connectivity index (χ0n) is 11.7. The highest BCUT2D eigenvalue weighted by atomic mass is 35.5. The van der Waals surface area contributed by atoms with Gasteiger partial charge in [0.15, 0.2) is 0 Å². The summed E-state index contributed by atoms with van der Waals surface area (Å²) < 4.78 is 0. The molecule has 2 aliphatic rings. The van der Waals surface area contributed by atoms with Crippen molar-refractivity contribution in [2.24, 2.45) is 16.6 Å². The molecule has 106 valence electrons. The molecule has 3 nitrogen and oxygen atoms in total. The van der Waals surface area contributed by atoms with Crippen molar-refractivity contribution in [2.75, 3.05) is 19.6 Å². The maximum atomic E-state index is 12.6. The van der Waals surface area contributed by atoms with E-state index in [1.165, 1.54) is 25.7 Å². The van der Waals surface area contributed by atoms with Crippen LogP contribution in [0.4, 0.5) is 0 Å².